The number of aliphatic carboxylic acids is 1. The van der Waals surface area contributed by atoms with Crippen molar-refractivity contribution in [3.8, 4) is 0 Å². The molecule has 0 unspecified atom stereocenters. The van der Waals surface area contributed by atoms with Gasteiger partial charge in [0.2, 0.25) is 0 Å². The molecular weight excluding hydrogens is 399 g/mol. The van der Waals surface area contributed by atoms with Crippen LogP contribution in [0.3, 0.4) is 0 Å². The van der Waals surface area contributed by atoms with Crippen LogP contribution in [0, 0.1) is 0 Å². The van der Waals surface area contributed by atoms with Crippen molar-refractivity contribution < 1.29 is 39.5 Å². The molecule has 1 aromatic heterocycles. The summed E-state index contributed by atoms with van der Waals surface area (Å²) < 4.78 is 0. The number of para-hydroxylation sites is 2. The Morgan fingerprint density at radius 1 is 0.806 bits per heavy atom. The van der Waals surface area contributed by atoms with Crippen molar-refractivity contribution in [1.82, 2.24) is 9.97 Å². The summed E-state index contributed by atoms with van der Waals surface area (Å²) in [6.45, 7) is 0. The molecule has 1 N–H and O–H groups in total. The largest absolute Gasteiger partial charge is 1.00 e. The number of anilines is 1. The summed E-state index contributed by atoms with van der Waals surface area (Å²) in [5.74, 6) is -0.908. The minimum absolute atomic E-state index is 0. The van der Waals surface area contributed by atoms with Crippen LogP contribution in [0.1, 0.15) is 16.8 Å². The minimum Gasteiger partial charge on any atom is -0.543 e. The van der Waals surface area contributed by atoms with E-state index in [4.69, 9.17) is 4.98 Å². The molecule has 0 spiro atoms. The smallest absolute Gasteiger partial charge is 0.543 e. The van der Waals surface area contributed by atoms with Gasteiger partial charge in [-0.15, -0.1) is 0 Å². The average molecular weight is 418 g/mol. The number of hydrazone groups is 1. The normalized spacial score (nSPS) is 11.0. The molecule has 4 aromatic rings. The van der Waals surface area contributed by atoms with Crippen molar-refractivity contribution in [2.24, 2.45) is 5.10 Å². The number of fused-ring (bicyclic) bond motifs is 1. The number of hydrogen-bond acceptors (Lipinski definition) is 6. The first-order valence-electron chi connectivity index (χ1n) is 9.56. The Kier molecular flexibility index (Phi) is 7.89. The standard InChI is InChI=1S/C24H20N4O2.Na/c29-24(30)22(16-18-11-5-2-6-12-18)27-28-23-21(15-17-9-3-1-4-10-17)25-19-13-7-8-14-20(19)26-23;/h1-14H,15-16H2,(H,26,28)(H,29,30);/q;+1/p-1. The Morgan fingerprint density at radius 3 is 1.97 bits per heavy atom. The zero-order valence-corrected chi connectivity index (χ0v) is 19.2. The maximum absolute atomic E-state index is 11.6. The molecule has 0 aliphatic rings. The van der Waals surface area contributed by atoms with Crippen LogP contribution in [0.2, 0.25) is 0 Å². The summed E-state index contributed by atoms with van der Waals surface area (Å²) in [6.07, 6.45) is 0.682. The number of nitrogens with one attached hydrogen (secondary N) is 1. The topological polar surface area (TPSA) is 90.3 Å². The van der Waals surface area contributed by atoms with Gasteiger partial charge in [0.15, 0.2) is 5.82 Å². The fourth-order valence-electron chi connectivity index (χ4n) is 3.11. The minimum atomic E-state index is -1.33. The van der Waals surface area contributed by atoms with Gasteiger partial charge in [-0.25, -0.2) is 9.97 Å². The number of carboxylic acids is 1. The molecule has 0 atom stereocenters. The third-order valence-corrected chi connectivity index (χ3v) is 4.60. The predicted octanol–water partition coefficient (Wildman–Crippen LogP) is -0.0149. The van der Waals surface area contributed by atoms with Crippen LogP contribution in [-0.4, -0.2) is 21.6 Å². The van der Waals surface area contributed by atoms with E-state index in [1.165, 1.54) is 0 Å². The fraction of sp³-hybridized carbons (Fsp3) is 0.0833. The molecule has 0 saturated heterocycles. The summed E-state index contributed by atoms with van der Waals surface area (Å²) in [5, 5.41) is 15.7. The van der Waals surface area contributed by atoms with Gasteiger partial charge in [0.05, 0.1) is 28.4 Å². The Hall–Kier alpha value is -3.06. The van der Waals surface area contributed by atoms with Crippen molar-refractivity contribution in [2.45, 2.75) is 12.8 Å². The van der Waals surface area contributed by atoms with Gasteiger partial charge in [0.25, 0.3) is 0 Å². The number of hydrogen-bond donors (Lipinski definition) is 1. The zero-order chi connectivity index (χ0) is 20.8. The Bertz CT molecular complexity index is 1200. The number of rotatable bonds is 7. The number of nitrogens with zero attached hydrogens (tertiary/aromatic N) is 3. The van der Waals surface area contributed by atoms with Crippen molar-refractivity contribution in [1.29, 1.82) is 0 Å². The third kappa shape index (κ3) is 5.98. The van der Waals surface area contributed by atoms with Gasteiger partial charge in [-0.05, 0) is 23.3 Å². The number of aromatic nitrogens is 2. The van der Waals surface area contributed by atoms with E-state index < -0.39 is 5.97 Å². The zero-order valence-electron chi connectivity index (χ0n) is 17.2. The molecule has 0 bridgehead atoms. The quantitative estimate of drug-likeness (QED) is 0.259. The van der Waals surface area contributed by atoms with Crippen LogP contribution in [-0.2, 0) is 17.6 Å². The van der Waals surface area contributed by atoms with E-state index in [0.717, 1.165) is 16.6 Å². The first-order chi connectivity index (χ1) is 14.7. The molecule has 148 valence electrons. The molecule has 3 aromatic carbocycles. The first kappa shape index (κ1) is 22.6. The van der Waals surface area contributed by atoms with E-state index >= 15 is 0 Å². The summed E-state index contributed by atoms with van der Waals surface area (Å²) >= 11 is 0. The van der Waals surface area contributed by atoms with E-state index in [0.29, 0.717) is 23.4 Å². The molecule has 1 heterocycles. The van der Waals surface area contributed by atoms with Crippen molar-refractivity contribution in [2.75, 3.05) is 5.43 Å². The van der Waals surface area contributed by atoms with E-state index in [-0.39, 0.29) is 41.7 Å². The Morgan fingerprint density at radius 2 is 1.35 bits per heavy atom. The predicted molar refractivity (Wildman–Crippen MR) is 115 cm³/mol. The molecule has 0 radical (unpaired) electrons. The molecule has 6 nitrogen and oxygen atoms in total. The van der Waals surface area contributed by atoms with Gasteiger partial charge >= 0.3 is 29.6 Å². The molecule has 0 amide bonds. The van der Waals surface area contributed by atoms with Crippen LogP contribution in [0.25, 0.3) is 11.0 Å². The van der Waals surface area contributed by atoms with Crippen molar-refractivity contribution in [3.05, 3.63) is 102 Å². The third-order valence-electron chi connectivity index (χ3n) is 4.60. The molecular formula is C24H19N4NaO2. The summed E-state index contributed by atoms with van der Waals surface area (Å²) in [7, 11) is 0. The monoisotopic (exact) mass is 418 g/mol. The van der Waals surface area contributed by atoms with Crippen LogP contribution < -0.4 is 40.1 Å². The van der Waals surface area contributed by atoms with Gasteiger partial charge in [-0.3, -0.25) is 5.43 Å². The van der Waals surface area contributed by atoms with Crippen LogP contribution in [0.15, 0.2) is 90.0 Å². The molecule has 0 aliphatic carbocycles. The second-order valence-corrected chi connectivity index (χ2v) is 6.79. The van der Waals surface area contributed by atoms with Crippen LogP contribution in [0.5, 0.6) is 0 Å². The Labute approximate surface area is 202 Å². The number of benzene rings is 3. The average Bonchev–Trinajstić information content (AvgIpc) is 2.78. The number of carbonyl (C=O) groups is 1. The van der Waals surface area contributed by atoms with Gasteiger partial charge in [0, 0.05) is 12.8 Å². The molecule has 0 aliphatic heterocycles. The van der Waals surface area contributed by atoms with E-state index in [1.807, 2.05) is 84.9 Å². The molecule has 4 rings (SSSR count). The van der Waals surface area contributed by atoms with Crippen molar-refractivity contribution in [3.63, 3.8) is 0 Å². The Balaban J connectivity index is 0.00000272. The van der Waals surface area contributed by atoms with E-state index in [1.54, 1.807) is 0 Å². The van der Waals surface area contributed by atoms with Gasteiger partial charge in [0.1, 0.15) is 0 Å². The maximum atomic E-state index is 11.6. The van der Waals surface area contributed by atoms with E-state index in [2.05, 4.69) is 15.5 Å². The van der Waals surface area contributed by atoms with Crippen LogP contribution >= 0.6 is 0 Å². The summed E-state index contributed by atoms with van der Waals surface area (Å²) in [6, 6.07) is 26.7. The number of carboxylic acid groups (broad SMARTS) is 1. The van der Waals surface area contributed by atoms with Gasteiger partial charge in [-0.2, -0.15) is 5.10 Å². The molecule has 0 saturated carbocycles. The molecule has 7 heteroatoms. The maximum Gasteiger partial charge on any atom is 1.00 e. The second-order valence-electron chi connectivity index (χ2n) is 6.79. The SMILES string of the molecule is O=C([O-])C(Cc1ccccc1)=NNc1nc2ccccc2nc1Cc1ccccc1.[Na+]. The van der Waals surface area contributed by atoms with Crippen molar-refractivity contribution >= 4 is 28.5 Å². The summed E-state index contributed by atoms with van der Waals surface area (Å²) in [5.41, 5.74) is 6.76. The fourth-order valence-corrected chi connectivity index (χ4v) is 3.11. The summed E-state index contributed by atoms with van der Waals surface area (Å²) in [4.78, 5) is 20.9. The first-order valence-corrected chi connectivity index (χ1v) is 9.56. The van der Waals surface area contributed by atoms with Gasteiger partial charge in [-0.1, -0.05) is 72.8 Å². The second kappa shape index (κ2) is 10.8. The van der Waals surface area contributed by atoms with Crippen LogP contribution in [0.4, 0.5) is 5.82 Å². The van der Waals surface area contributed by atoms with Gasteiger partial charge < -0.3 is 9.90 Å². The molecule has 31 heavy (non-hydrogen) atoms. The number of carbonyl (C=O) groups excluding carboxylic acids is 1. The molecule has 0 fully saturated rings. The van der Waals surface area contributed by atoms with E-state index in [9.17, 15) is 9.90 Å².